The fraction of sp³-hybridized carbons (Fsp3) is 0.263. The fourth-order valence-electron chi connectivity index (χ4n) is 3.53. The molecule has 0 saturated carbocycles. The van der Waals surface area contributed by atoms with Crippen LogP contribution in [-0.2, 0) is 4.79 Å². The summed E-state index contributed by atoms with van der Waals surface area (Å²) in [5, 5.41) is 25.8. The maximum atomic E-state index is 12.5. The van der Waals surface area contributed by atoms with Gasteiger partial charge in [-0.15, -0.1) is 10.2 Å². The first-order valence-corrected chi connectivity index (χ1v) is 9.14. The zero-order chi connectivity index (χ0) is 20.7. The first-order chi connectivity index (χ1) is 13.9. The molecule has 3 heterocycles. The summed E-state index contributed by atoms with van der Waals surface area (Å²) in [4.78, 5) is 12.5. The van der Waals surface area contributed by atoms with E-state index in [4.69, 9.17) is 21.1 Å². The number of amides is 1. The Labute approximate surface area is 171 Å². The standard InChI is InChI=1S/C19H18ClN5O4/c1-9-17-11(10-6-12(28-2)18(27)13(7-10)29-3)8-16(26)21-19(17)25(24-9)15-5-4-14(20)22-23-15/h4-7,11,27H,8H2,1-3H3,(H,21,26). The SMILES string of the molecule is COc1cc(C2CC(=O)Nc3c2c(C)nn3-c2ccc(Cl)nn2)cc(OC)c1O. The summed E-state index contributed by atoms with van der Waals surface area (Å²) < 4.78 is 12.1. The van der Waals surface area contributed by atoms with Crippen LogP contribution < -0.4 is 14.8 Å². The van der Waals surface area contributed by atoms with Gasteiger partial charge < -0.3 is 19.9 Å². The number of ether oxygens (including phenoxy) is 2. The number of nitrogens with zero attached hydrogens (tertiary/aromatic N) is 4. The highest BCUT2D eigenvalue weighted by atomic mass is 35.5. The van der Waals surface area contributed by atoms with Gasteiger partial charge in [0.25, 0.3) is 0 Å². The molecule has 3 aromatic rings. The number of benzene rings is 1. The molecule has 2 aromatic heterocycles. The fourth-order valence-corrected chi connectivity index (χ4v) is 3.64. The number of rotatable bonds is 4. The largest absolute Gasteiger partial charge is 0.502 e. The predicted molar refractivity (Wildman–Crippen MR) is 105 cm³/mol. The molecule has 1 unspecified atom stereocenters. The van der Waals surface area contributed by atoms with Gasteiger partial charge in [0, 0.05) is 17.9 Å². The smallest absolute Gasteiger partial charge is 0.226 e. The molecule has 150 valence electrons. The number of methoxy groups -OCH3 is 2. The van der Waals surface area contributed by atoms with Crippen molar-refractivity contribution in [1.29, 1.82) is 0 Å². The van der Waals surface area contributed by atoms with Crippen LogP contribution in [0.25, 0.3) is 5.82 Å². The summed E-state index contributed by atoms with van der Waals surface area (Å²) in [5.41, 5.74) is 2.33. The van der Waals surface area contributed by atoms with E-state index in [9.17, 15) is 9.90 Å². The summed E-state index contributed by atoms with van der Waals surface area (Å²) in [6, 6.07) is 6.67. The Kier molecular flexibility index (Phi) is 4.75. The molecule has 0 radical (unpaired) electrons. The lowest BCUT2D eigenvalue weighted by atomic mass is 9.85. The number of phenolic OH excluding ortho intramolecular Hbond substituents is 1. The van der Waals surface area contributed by atoms with Crippen LogP contribution >= 0.6 is 11.6 Å². The molecule has 0 aliphatic carbocycles. The predicted octanol–water partition coefficient (Wildman–Crippen LogP) is 2.82. The molecule has 0 fully saturated rings. The van der Waals surface area contributed by atoms with E-state index < -0.39 is 0 Å². The van der Waals surface area contributed by atoms with E-state index in [2.05, 4.69) is 20.6 Å². The van der Waals surface area contributed by atoms with Crippen molar-refractivity contribution in [2.45, 2.75) is 19.3 Å². The summed E-state index contributed by atoms with van der Waals surface area (Å²) in [7, 11) is 2.92. The number of carbonyl (C=O) groups excluding carboxylic acids is 1. The Bertz CT molecular complexity index is 1070. The number of phenols is 1. The normalized spacial score (nSPS) is 15.6. The first-order valence-electron chi connectivity index (χ1n) is 8.76. The van der Waals surface area contributed by atoms with Crippen molar-refractivity contribution >= 4 is 23.3 Å². The number of aromatic nitrogens is 4. The van der Waals surface area contributed by atoms with Crippen molar-refractivity contribution in [2.75, 3.05) is 19.5 Å². The molecular formula is C19H18ClN5O4. The number of hydrogen-bond acceptors (Lipinski definition) is 7. The van der Waals surface area contributed by atoms with Crippen molar-refractivity contribution in [1.82, 2.24) is 20.0 Å². The minimum atomic E-state index is -0.309. The summed E-state index contributed by atoms with van der Waals surface area (Å²) in [6.45, 7) is 1.86. The van der Waals surface area contributed by atoms with Crippen LogP contribution in [0.5, 0.6) is 17.2 Å². The summed E-state index contributed by atoms with van der Waals surface area (Å²) in [6.07, 6.45) is 0.211. The Morgan fingerprint density at radius 1 is 1.21 bits per heavy atom. The molecule has 1 aliphatic heterocycles. The van der Waals surface area contributed by atoms with Gasteiger partial charge in [-0.2, -0.15) is 9.78 Å². The van der Waals surface area contributed by atoms with E-state index in [1.807, 2.05) is 6.92 Å². The number of halogens is 1. The summed E-state index contributed by atoms with van der Waals surface area (Å²) in [5.74, 6) is 0.906. The first kappa shape index (κ1) is 19.0. The van der Waals surface area contributed by atoms with Crippen molar-refractivity contribution in [3.8, 4) is 23.1 Å². The van der Waals surface area contributed by atoms with Crippen LogP contribution in [0, 0.1) is 6.92 Å². The molecule has 0 spiro atoms. The van der Waals surface area contributed by atoms with Crippen LogP contribution in [0.1, 0.15) is 29.2 Å². The zero-order valence-electron chi connectivity index (χ0n) is 15.9. The Balaban J connectivity index is 1.88. The van der Waals surface area contributed by atoms with Gasteiger partial charge in [0.1, 0.15) is 5.82 Å². The second kappa shape index (κ2) is 7.25. The van der Waals surface area contributed by atoms with E-state index in [0.717, 1.165) is 16.8 Å². The van der Waals surface area contributed by atoms with Gasteiger partial charge in [-0.3, -0.25) is 4.79 Å². The number of carbonyl (C=O) groups is 1. The highest BCUT2D eigenvalue weighted by Gasteiger charge is 2.34. The minimum Gasteiger partial charge on any atom is -0.502 e. The number of aryl methyl sites for hydroxylation is 1. The van der Waals surface area contributed by atoms with Gasteiger partial charge in [-0.25, -0.2) is 0 Å². The second-order valence-corrected chi connectivity index (χ2v) is 6.94. The van der Waals surface area contributed by atoms with Gasteiger partial charge >= 0.3 is 0 Å². The van der Waals surface area contributed by atoms with E-state index >= 15 is 0 Å². The van der Waals surface area contributed by atoms with Crippen LogP contribution in [0.3, 0.4) is 0 Å². The van der Waals surface area contributed by atoms with Crippen molar-refractivity contribution < 1.29 is 19.4 Å². The van der Waals surface area contributed by atoms with Crippen molar-refractivity contribution in [3.05, 3.63) is 46.2 Å². The number of fused-ring (bicyclic) bond motifs is 1. The third-order valence-corrected chi connectivity index (χ3v) is 5.04. The lowest BCUT2D eigenvalue weighted by Crippen LogP contribution is -2.25. The second-order valence-electron chi connectivity index (χ2n) is 6.55. The van der Waals surface area contributed by atoms with Crippen molar-refractivity contribution in [3.63, 3.8) is 0 Å². The van der Waals surface area contributed by atoms with E-state index in [1.54, 1.807) is 24.3 Å². The van der Waals surface area contributed by atoms with Gasteiger partial charge in [0.05, 0.1) is 19.9 Å². The van der Waals surface area contributed by atoms with Crippen molar-refractivity contribution in [2.24, 2.45) is 0 Å². The Hall–Kier alpha value is -3.33. The number of nitrogens with one attached hydrogen (secondary N) is 1. The lowest BCUT2D eigenvalue weighted by molar-refractivity contribution is -0.116. The average molecular weight is 416 g/mol. The van der Waals surface area contributed by atoms with Crippen LogP contribution in [-0.4, -0.2) is 45.2 Å². The molecule has 0 bridgehead atoms. The number of anilines is 1. The van der Waals surface area contributed by atoms with Crippen LogP contribution in [0.15, 0.2) is 24.3 Å². The van der Waals surface area contributed by atoms with Crippen LogP contribution in [0.4, 0.5) is 5.82 Å². The molecular weight excluding hydrogens is 398 g/mol. The van der Waals surface area contributed by atoms with Gasteiger partial charge in [-0.1, -0.05) is 11.6 Å². The third-order valence-electron chi connectivity index (χ3n) is 4.84. The van der Waals surface area contributed by atoms with E-state index in [-0.39, 0.29) is 40.6 Å². The monoisotopic (exact) mass is 415 g/mol. The molecule has 1 aromatic carbocycles. The molecule has 1 atom stereocenters. The maximum Gasteiger partial charge on any atom is 0.226 e. The van der Waals surface area contributed by atoms with Gasteiger partial charge in [0.2, 0.25) is 11.7 Å². The molecule has 2 N–H and O–H groups in total. The van der Waals surface area contributed by atoms with E-state index in [1.165, 1.54) is 18.9 Å². The molecule has 10 heteroatoms. The zero-order valence-corrected chi connectivity index (χ0v) is 16.7. The Morgan fingerprint density at radius 3 is 2.48 bits per heavy atom. The third kappa shape index (κ3) is 3.23. The lowest BCUT2D eigenvalue weighted by Gasteiger charge is -2.25. The number of aromatic hydroxyl groups is 1. The molecule has 1 aliphatic rings. The summed E-state index contributed by atoms with van der Waals surface area (Å²) >= 11 is 5.83. The highest BCUT2D eigenvalue weighted by molar-refractivity contribution is 6.29. The molecule has 9 nitrogen and oxygen atoms in total. The average Bonchev–Trinajstić information content (AvgIpc) is 3.04. The van der Waals surface area contributed by atoms with Gasteiger partial charge in [0.15, 0.2) is 22.5 Å². The molecule has 4 rings (SSSR count). The Morgan fingerprint density at radius 2 is 1.90 bits per heavy atom. The van der Waals surface area contributed by atoms with Gasteiger partial charge in [-0.05, 0) is 36.8 Å². The van der Waals surface area contributed by atoms with Crippen LogP contribution in [0.2, 0.25) is 5.15 Å². The molecule has 1 amide bonds. The van der Waals surface area contributed by atoms with E-state index in [0.29, 0.717) is 11.6 Å². The molecule has 0 saturated heterocycles. The maximum absolute atomic E-state index is 12.5. The quantitative estimate of drug-likeness (QED) is 0.673. The number of hydrogen-bond donors (Lipinski definition) is 2. The minimum absolute atomic E-state index is 0.0944. The molecule has 29 heavy (non-hydrogen) atoms. The topological polar surface area (TPSA) is 111 Å². The highest BCUT2D eigenvalue weighted by Crippen LogP contribution is 2.45.